The van der Waals surface area contributed by atoms with Gasteiger partial charge in [-0.1, -0.05) is 39.5 Å². The van der Waals surface area contributed by atoms with Crippen LogP contribution in [0.1, 0.15) is 32.8 Å². The molecule has 1 aromatic rings. The molecule has 0 bridgehead atoms. The lowest BCUT2D eigenvalue weighted by atomic mass is 10.0. The Kier molecular flexibility index (Phi) is 4.84. The maximum absolute atomic E-state index is 10.4. The van der Waals surface area contributed by atoms with Crippen LogP contribution in [0.2, 0.25) is 0 Å². The zero-order valence-corrected chi connectivity index (χ0v) is 8.19. The van der Waals surface area contributed by atoms with E-state index in [1.54, 1.807) is 7.05 Å². The van der Waals surface area contributed by atoms with Crippen molar-refractivity contribution in [2.75, 3.05) is 12.1 Å². The number of benzene rings is 1. The zero-order valence-electron chi connectivity index (χ0n) is 8.19. The van der Waals surface area contributed by atoms with Gasteiger partial charge < -0.3 is 0 Å². The third-order valence-corrected chi connectivity index (χ3v) is 2.03. The van der Waals surface area contributed by atoms with Crippen LogP contribution in [0.15, 0.2) is 29.6 Å². The average molecular weight is 194 g/mol. The van der Waals surface area contributed by atoms with Crippen molar-refractivity contribution >= 4 is 5.69 Å². The number of para-hydroxylation sites is 1. The summed E-state index contributed by atoms with van der Waals surface area (Å²) in [7, 11) is 1.66. The number of hydrogen-bond donors (Lipinski definition) is 0. The van der Waals surface area contributed by atoms with Gasteiger partial charge in [0.25, 0.3) is 0 Å². The van der Waals surface area contributed by atoms with Gasteiger partial charge in [0.2, 0.25) is 0 Å². The van der Waals surface area contributed by atoms with Gasteiger partial charge >= 0.3 is 0 Å². The molecule has 1 aromatic carbocycles. The van der Waals surface area contributed by atoms with Crippen molar-refractivity contribution in [2.45, 2.75) is 27.2 Å². The fourth-order valence-corrected chi connectivity index (χ4v) is 1.31. The largest absolute Gasteiger partial charge is 0.232 e. The van der Waals surface area contributed by atoms with Crippen LogP contribution < -0.4 is 5.01 Å². The lowest BCUT2D eigenvalue weighted by molar-refractivity contribution is 0.850. The Morgan fingerprint density at radius 2 is 1.86 bits per heavy atom. The summed E-state index contributed by atoms with van der Waals surface area (Å²) in [5.41, 5.74) is 2.03. The molecule has 0 aliphatic heterocycles. The first kappa shape index (κ1) is 12.6. The molecular formula is C11H18N2O. The van der Waals surface area contributed by atoms with Gasteiger partial charge in [-0.25, -0.2) is 5.01 Å². The highest BCUT2D eigenvalue weighted by Crippen LogP contribution is 2.26. The first-order valence-corrected chi connectivity index (χ1v) is 4.32. The molecule has 0 saturated heterocycles. The maximum Gasteiger partial charge on any atom is 0.0657 e. The molecule has 0 spiro atoms. The number of anilines is 1. The lowest BCUT2D eigenvalue weighted by Gasteiger charge is -2.16. The minimum Gasteiger partial charge on any atom is -0.232 e. The second-order valence-electron chi connectivity index (χ2n) is 3.32. The van der Waals surface area contributed by atoms with Gasteiger partial charge in [0.05, 0.1) is 11.0 Å². The topological polar surface area (TPSA) is 32.7 Å². The third-order valence-electron chi connectivity index (χ3n) is 2.03. The number of rotatable bonds is 3. The summed E-state index contributed by atoms with van der Waals surface area (Å²) in [6, 6.07) is 7.79. The fraction of sp³-hybridized carbons (Fsp3) is 0.455. The Morgan fingerprint density at radius 3 is 2.36 bits per heavy atom. The Balaban J connectivity index is 0.00000169. The van der Waals surface area contributed by atoms with Gasteiger partial charge in [-0.05, 0) is 17.5 Å². The van der Waals surface area contributed by atoms with E-state index in [1.165, 1.54) is 5.01 Å². The summed E-state index contributed by atoms with van der Waals surface area (Å²) in [5.74, 6) is 0.403. The van der Waals surface area contributed by atoms with Crippen molar-refractivity contribution in [1.29, 1.82) is 0 Å². The second-order valence-corrected chi connectivity index (χ2v) is 3.32. The van der Waals surface area contributed by atoms with Crippen LogP contribution in [-0.2, 0) is 0 Å². The summed E-state index contributed by atoms with van der Waals surface area (Å²) in [6.07, 6.45) is 0. The highest BCUT2D eigenvalue weighted by Gasteiger charge is 2.08. The molecule has 0 atom stereocenters. The van der Waals surface area contributed by atoms with Crippen molar-refractivity contribution in [3.8, 4) is 0 Å². The van der Waals surface area contributed by atoms with Gasteiger partial charge in [-0.2, -0.15) is 0 Å². The van der Waals surface area contributed by atoms with Gasteiger partial charge in [0, 0.05) is 7.05 Å². The zero-order chi connectivity index (χ0) is 9.84. The Hall–Kier alpha value is -1.38. The van der Waals surface area contributed by atoms with Gasteiger partial charge in [-0.15, -0.1) is 4.91 Å². The van der Waals surface area contributed by atoms with E-state index in [2.05, 4.69) is 19.1 Å². The smallest absolute Gasteiger partial charge is 0.0657 e. The molecule has 0 N–H and O–H groups in total. The normalized spacial score (nSPS) is 9.43. The number of hydrogen-bond acceptors (Lipinski definition) is 2. The Labute approximate surface area is 85.7 Å². The van der Waals surface area contributed by atoms with E-state index in [4.69, 9.17) is 0 Å². The molecule has 0 fully saturated rings. The first-order valence-electron chi connectivity index (χ1n) is 4.32. The van der Waals surface area contributed by atoms with E-state index in [0.717, 1.165) is 11.3 Å². The Morgan fingerprint density at radius 1 is 1.29 bits per heavy atom. The third kappa shape index (κ3) is 2.55. The predicted molar refractivity (Wildman–Crippen MR) is 61.5 cm³/mol. The molecule has 0 radical (unpaired) electrons. The molecule has 0 saturated carbocycles. The monoisotopic (exact) mass is 194 g/mol. The van der Waals surface area contributed by atoms with Crippen LogP contribution in [0.25, 0.3) is 0 Å². The SMILES string of the molecule is C.CC(C)c1ccccc1N(C)N=O. The summed E-state index contributed by atoms with van der Waals surface area (Å²) < 4.78 is 0. The van der Waals surface area contributed by atoms with E-state index in [0.29, 0.717) is 5.92 Å². The van der Waals surface area contributed by atoms with E-state index in [1.807, 2.05) is 24.3 Å². The summed E-state index contributed by atoms with van der Waals surface area (Å²) in [6.45, 7) is 4.19. The molecule has 0 heterocycles. The van der Waals surface area contributed by atoms with E-state index in [-0.39, 0.29) is 7.43 Å². The van der Waals surface area contributed by atoms with Crippen molar-refractivity contribution in [3.05, 3.63) is 34.7 Å². The van der Waals surface area contributed by atoms with Crippen molar-refractivity contribution in [3.63, 3.8) is 0 Å². The molecule has 0 aliphatic carbocycles. The van der Waals surface area contributed by atoms with E-state index in [9.17, 15) is 4.91 Å². The number of nitroso groups, excluding NO2 is 1. The molecular weight excluding hydrogens is 176 g/mol. The molecule has 78 valence electrons. The van der Waals surface area contributed by atoms with Crippen LogP contribution in [0, 0.1) is 4.91 Å². The minimum absolute atomic E-state index is 0. The highest BCUT2D eigenvalue weighted by atomic mass is 16.3. The van der Waals surface area contributed by atoms with Crippen molar-refractivity contribution < 1.29 is 0 Å². The molecule has 0 aliphatic rings. The molecule has 3 heteroatoms. The molecule has 0 unspecified atom stereocenters. The van der Waals surface area contributed by atoms with E-state index >= 15 is 0 Å². The van der Waals surface area contributed by atoms with Crippen molar-refractivity contribution in [1.82, 2.24) is 0 Å². The summed E-state index contributed by atoms with van der Waals surface area (Å²) >= 11 is 0. The molecule has 14 heavy (non-hydrogen) atoms. The van der Waals surface area contributed by atoms with Crippen LogP contribution >= 0.6 is 0 Å². The highest BCUT2D eigenvalue weighted by molar-refractivity contribution is 5.53. The molecule has 3 nitrogen and oxygen atoms in total. The average Bonchev–Trinajstić information content (AvgIpc) is 2.16. The van der Waals surface area contributed by atoms with Crippen LogP contribution in [-0.4, -0.2) is 7.05 Å². The fourth-order valence-electron chi connectivity index (χ4n) is 1.31. The standard InChI is InChI=1S/C10H14N2O.CH4/c1-8(2)9-6-4-5-7-10(9)12(3)11-13;/h4-8H,1-3H3;1H4. The van der Waals surface area contributed by atoms with Gasteiger partial charge in [-0.3, -0.25) is 0 Å². The van der Waals surface area contributed by atoms with Gasteiger partial charge in [0.1, 0.15) is 0 Å². The van der Waals surface area contributed by atoms with Crippen LogP contribution in [0.5, 0.6) is 0 Å². The summed E-state index contributed by atoms with van der Waals surface area (Å²) in [5, 5.41) is 4.24. The minimum atomic E-state index is 0. The van der Waals surface area contributed by atoms with Crippen LogP contribution in [0.4, 0.5) is 5.69 Å². The van der Waals surface area contributed by atoms with E-state index < -0.39 is 0 Å². The number of nitrogens with zero attached hydrogens (tertiary/aromatic N) is 2. The molecule has 0 aromatic heterocycles. The molecule has 1 rings (SSSR count). The predicted octanol–water partition coefficient (Wildman–Crippen LogP) is 3.56. The summed E-state index contributed by atoms with van der Waals surface area (Å²) in [4.78, 5) is 10.4. The second kappa shape index (κ2) is 5.37. The van der Waals surface area contributed by atoms with Gasteiger partial charge in [0.15, 0.2) is 0 Å². The Bertz CT molecular complexity index is 297. The lowest BCUT2D eigenvalue weighted by Crippen LogP contribution is -2.09. The first-order chi connectivity index (χ1) is 6.16. The van der Waals surface area contributed by atoms with Crippen molar-refractivity contribution in [2.24, 2.45) is 5.29 Å². The molecule has 0 amide bonds. The maximum atomic E-state index is 10.4. The quantitative estimate of drug-likeness (QED) is 0.544. The van der Waals surface area contributed by atoms with Crippen LogP contribution in [0.3, 0.4) is 0 Å².